The summed E-state index contributed by atoms with van der Waals surface area (Å²) in [6.45, 7) is 0. The summed E-state index contributed by atoms with van der Waals surface area (Å²) in [5.74, 6) is 0.689. The van der Waals surface area contributed by atoms with Crippen LogP contribution in [0.25, 0.3) is 11.3 Å². The first-order chi connectivity index (χ1) is 13.2. The second-order valence-corrected chi connectivity index (χ2v) is 7.33. The Labute approximate surface area is 158 Å². The summed E-state index contributed by atoms with van der Waals surface area (Å²) in [7, 11) is 1.87. The first kappa shape index (κ1) is 16.1. The van der Waals surface area contributed by atoms with Crippen molar-refractivity contribution in [2.45, 2.75) is 23.0 Å². The maximum atomic E-state index is 11.9. The van der Waals surface area contributed by atoms with Gasteiger partial charge in [0, 0.05) is 19.2 Å². The number of hydrogen-bond donors (Lipinski definition) is 2. The standard InChI is InChI=1S/C17H16N8OS/c1-18-11-4-5-14-21-22-17(24(14)8-11)27-15-7-6-13-19-12(9-25(13)23-15)20-16(26)10-2-3-10/h4-10,18H,2-3H2,1H3,(H,20,26). The molecule has 0 unspecified atom stereocenters. The second kappa shape index (κ2) is 6.23. The summed E-state index contributed by atoms with van der Waals surface area (Å²) in [5, 5.41) is 20.4. The molecular weight excluding hydrogens is 364 g/mol. The molecule has 0 radical (unpaired) electrons. The number of imidazole rings is 1. The molecule has 0 aromatic carbocycles. The molecule has 1 saturated carbocycles. The smallest absolute Gasteiger partial charge is 0.228 e. The number of fused-ring (bicyclic) bond motifs is 2. The third kappa shape index (κ3) is 3.08. The van der Waals surface area contributed by atoms with Gasteiger partial charge in [-0.2, -0.15) is 5.10 Å². The highest BCUT2D eigenvalue weighted by molar-refractivity contribution is 7.99. The lowest BCUT2D eigenvalue weighted by molar-refractivity contribution is -0.117. The number of amides is 1. The van der Waals surface area contributed by atoms with Crippen LogP contribution in [0.15, 0.2) is 46.8 Å². The van der Waals surface area contributed by atoms with E-state index < -0.39 is 0 Å². The van der Waals surface area contributed by atoms with Crippen molar-refractivity contribution in [3.05, 3.63) is 36.7 Å². The monoisotopic (exact) mass is 380 g/mol. The Kier molecular flexibility index (Phi) is 3.71. The van der Waals surface area contributed by atoms with Crippen LogP contribution in [0.1, 0.15) is 12.8 Å². The maximum Gasteiger partial charge on any atom is 0.228 e. The molecule has 4 heterocycles. The van der Waals surface area contributed by atoms with Crippen LogP contribution in [0, 0.1) is 5.92 Å². The van der Waals surface area contributed by atoms with Crippen molar-refractivity contribution in [3.63, 3.8) is 0 Å². The zero-order valence-corrected chi connectivity index (χ0v) is 15.3. The van der Waals surface area contributed by atoms with Crippen LogP contribution < -0.4 is 10.6 Å². The van der Waals surface area contributed by atoms with E-state index >= 15 is 0 Å². The summed E-state index contributed by atoms with van der Waals surface area (Å²) >= 11 is 1.41. The Hall–Kier alpha value is -3.14. The number of carbonyl (C=O) groups is 1. The van der Waals surface area contributed by atoms with Gasteiger partial charge in [0.05, 0.1) is 11.9 Å². The van der Waals surface area contributed by atoms with E-state index in [0.717, 1.165) is 34.4 Å². The number of carbonyl (C=O) groups excluding carboxylic acids is 1. The normalized spacial score (nSPS) is 14.0. The molecule has 4 aromatic rings. The third-order valence-electron chi connectivity index (χ3n) is 4.35. The molecule has 0 aliphatic heterocycles. The number of aromatic nitrogens is 6. The van der Waals surface area contributed by atoms with Crippen molar-refractivity contribution in [2.75, 3.05) is 17.7 Å². The topological polar surface area (TPSA) is 102 Å². The van der Waals surface area contributed by atoms with Crippen LogP contribution in [-0.2, 0) is 4.79 Å². The molecule has 4 aromatic heterocycles. The first-order valence-corrected chi connectivity index (χ1v) is 9.39. The number of nitrogens with zero attached hydrogens (tertiary/aromatic N) is 6. The van der Waals surface area contributed by atoms with Crippen LogP contribution in [0.2, 0.25) is 0 Å². The number of rotatable bonds is 5. The summed E-state index contributed by atoms with van der Waals surface area (Å²) in [5.41, 5.74) is 2.41. The zero-order valence-electron chi connectivity index (χ0n) is 14.5. The lowest BCUT2D eigenvalue weighted by atomic mass is 10.4. The Morgan fingerprint density at radius 2 is 2.00 bits per heavy atom. The molecule has 9 nitrogen and oxygen atoms in total. The van der Waals surface area contributed by atoms with Crippen molar-refractivity contribution in [1.82, 2.24) is 29.2 Å². The molecule has 0 bridgehead atoms. The van der Waals surface area contributed by atoms with Gasteiger partial charge in [0.1, 0.15) is 5.03 Å². The van der Waals surface area contributed by atoms with E-state index in [1.54, 1.807) is 10.7 Å². The lowest BCUT2D eigenvalue weighted by Gasteiger charge is -2.03. The Morgan fingerprint density at radius 1 is 1.15 bits per heavy atom. The van der Waals surface area contributed by atoms with Gasteiger partial charge in [0.2, 0.25) is 11.1 Å². The number of nitrogens with one attached hydrogen (secondary N) is 2. The van der Waals surface area contributed by atoms with E-state index in [-0.39, 0.29) is 11.8 Å². The fourth-order valence-electron chi connectivity index (χ4n) is 2.73. The highest BCUT2D eigenvalue weighted by Crippen LogP contribution is 2.30. The van der Waals surface area contributed by atoms with Crippen molar-refractivity contribution >= 4 is 40.5 Å². The number of pyridine rings is 1. The average molecular weight is 380 g/mol. The molecule has 27 heavy (non-hydrogen) atoms. The fraction of sp³-hybridized carbons (Fsp3) is 0.235. The molecule has 0 spiro atoms. The summed E-state index contributed by atoms with van der Waals surface area (Å²) < 4.78 is 3.57. The molecule has 0 saturated heterocycles. The highest BCUT2D eigenvalue weighted by Gasteiger charge is 2.30. The maximum absolute atomic E-state index is 11.9. The molecule has 10 heteroatoms. The largest absolute Gasteiger partial charge is 0.387 e. The summed E-state index contributed by atoms with van der Waals surface area (Å²) in [4.78, 5) is 16.3. The van der Waals surface area contributed by atoms with Gasteiger partial charge in [0.15, 0.2) is 17.1 Å². The van der Waals surface area contributed by atoms with Gasteiger partial charge in [-0.1, -0.05) is 0 Å². The predicted molar refractivity (Wildman–Crippen MR) is 101 cm³/mol. The van der Waals surface area contributed by atoms with Crippen molar-refractivity contribution in [2.24, 2.45) is 5.92 Å². The van der Waals surface area contributed by atoms with E-state index in [4.69, 9.17) is 0 Å². The molecular formula is C17H16N8OS. The summed E-state index contributed by atoms with van der Waals surface area (Å²) in [6, 6.07) is 7.60. The average Bonchev–Trinajstić information content (AvgIpc) is 3.35. The van der Waals surface area contributed by atoms with E-state index in [1.165, 1.54) is 11.8 Å². The number of anilines is 2. The Bertz CT molecular complexity index is 1160. The molecule has 2 N–H and O–H groups in total. The van der Waals surface area contributed by atoms with Gasteiger partial charge < -0.3 is 10.6 Å². The van der Waals surface area contributed by atoms with E-state index in [2.05, 4.69) is 30.9 Å². The van der Waals surface area contributed by atoms with Gasteiger partial charge in [-0.25, -0.2) is 9.50 Å². The van der Waals surface area contributed by atoms with Crippen molar-refractivity contribution in [1.29, 1.82) is 0 Å². The van der Waals surface area contributed by atoms with E-state index in [1.807, 2.05) is 41.9 Å². The Balaban J connectivity index is 1.42. The minimum absolute atomic E-state index is 0.0308. The second-order valence-electron chi connectivity index (χ2n) is 6.34. The van der Waals surface area contributed by atoms with Crippen LogP contribution in [0.3, 0.4) is 0 Å². The van der Waals surface area contributed by atoms with Crippen LogP contribution in [-0.4, -0.2) is 42.2 Å². The summed E-state index contributed by atoms with van der Waals surface area (Å²) in [6.07, 6.45) is 5.58. The highest BCUT2D eigenvalue weighted by atomic mass is 32.2. The minimum Gasteiger partial charge on any atom is -0.387 e. The van der Waals surface area contributed by atoms with Crippen molar-refractivity contribution < 1.29 is 4.79 Å². The van der Waals surface area contributed by atoms with Crippen LogP contribution in [0.5, 0.6) is 0 Å². The quantitative estimate of drug-likeness (QED) is 0.548. The first-order valence-electron chi connectivity index (χ1n) is 8.57. The number of hydrogen-bond acceptors (Lipinski definition) is 7. The van der Waals surface area contributed by atoms with Gasteiger partial charge in [-0.05, 0) is 48.9 Å². The molecule has 136 valence electrons. The molecule has 5 rings (SSSR count). The van der Waals surface area contributed by atoms with E-state index in [9.17, 15) is 4.79 Å². The minimum atomic E-state index is 0.0308. The Morgan fingerprint density at radius 3 is 2.81 bits per heavy atom. The molecule has 1 aliphatic rings. The van der Waals surface area contributed by atoms with E-state index in [0.29, 0.717) is 11.5 Å². The predicted octanol–water partition coefficient (Wildman–Crippen LogP) is 2.31. The third-order valence-corrected chi connectivity index (χ3v) is 5.24. The van der Waals surface area contributed by atoms with Crippen LogP contribution >= 0.6 is 11.8 Å². The van der Waals surface area contributed by atoms with Crippen molar-refractivity contribution in [3.8, 4) is 0 Å². The fourth-order valence-corrected chi connectivity index (χ4v) is 3.51. The van der Waals surface area contributed by atoms with Gasteiger partial charge in [-0.3, -0.25) is 9.20 Å². The SMILES string of the molecule is CNc1ccc2nnc(Sc3ccc4nc(NC(=O)C5CC5)cn4n3)n2c1. The zero-order chi connectivity index (χ0) is 18.4. The lowest BCUT2D eigenvalue weighted by Crippen LogP contribution is -2.13. The molecule has 1 aliphatic carbocycles. The molecule has 1 fully saturated rings. The van der Waals surface area contributed by atoms with Gasteiger partial charge in [0.25, 0.3) is 0 Å². The molecule has 0 atom stereocenters. The molecule has 1 amide bonds. The van der Waals surface area contributed by atoms with Gasteiger partial charge >= 0.3 is 0 Å². The van der Waals surface area contributed by atoms with Crippen LogP contribution in [0.4, 0.5) is 11.5 Å². The van der Waals surface area contributed by atoms with Gasteiger partial charge in [-0.15, -0.1) is 10.2 Å².